The molecule has 2 aromatic carbocycles. The second kappa shape index (κ2) is 7.45. The Morgan fingerprint density at radius 2 is 1.81 bits per heavy atom. The molecular formula is C23H26O3. The number of esters is 1. The molecule has 0 saturated heterocycles. The summed E-state index contributed by atoms with van der Waals surface area (Å²) in [4.78, 5) is 24.7. The molecule has 3 rings (SSSR count). The van der Waals surface area contributed by atoms with E-state index in [1.165, 1.54) is 0 Å². The van der Waals surface area contributed by atoms with E-state index in [-0.39, 0.29) is 17.7 Å². The number of cyclic esters (lactones) is 1. The number of benzene rings is 2. The van der Waals surface area contributed by atoms with Crippen molar-refractivity contribution in [3.8, 4) is 0 Å². The molecule has 0 aromatic heterocycles. The number of ketones is 1. The molecule has 136 valence electrons. The number of ether oxygens (including phenoxy) is 1. The highest BCUT2D eigenvalue weighted by Crippen LogP contribution is 2.50. The molecule has 0 aliphatic carbocycles. The van der Waals surface area contributed by atoms with E-state index in [9.17, 15) is 9.59 Å². The van der Waals surface area contributed by atoms with Crippen LogP contribution in [0.5, 0.6) is 0 Å². The number of fused-ring (bicyclic) bond motifs is 1. The van der Waals surface area contributed by atoms with Gasteiger partial charge in [0.05, 0.1) is 5.56 Å². The number of rotatable bonds is 7. The number of aryl methyl sites for hydroxylation is 1. The molecule has 3 heteroatoms. The van der Waals surface area contributed by atoms with Crippen molar-refractivity contribution in [3.63, 3.8) is 0 Å². The molecule has 1 aliphatic heterocycles. The van der Waals surface area contributed by atoms with Gasteiger partial charge in [0.1, 0.15) is 5.78 Å². The maximum Gasteiger partial charge on any atom is 0.339 e. The summed E-state index contributed by atoms with van der Waals surface area (Å²) in [5.74, 6) is -0.250. The Labute approximate surface area is 155 Å². The minimum Gasteiger partial charge on any atom is -0.445 e. The van der Waals surface area contributed by atoms with Gasteiger partial charge >= 0.3 is 5.97 Å². The molecule has 0 unspecified atom stereocenters. The molecule has 0 radical (unpaired) electrons. The number of hydrogen-bond acceptors (Lipinski definition) is 3. The Morgan fingerprint density at radius 3 is 2.46 bits per heavy atom. The minimum absolute atomic E-state index is 0.0738. The van der Waals surface area contributed by atoms with Crippen LogP contribution in [0.4, 0.5) is 0 Å². The van der Waals surface area contributed by atoms with Gasteiger partial charge in [-0.2, -0.15) is 0 Å². The summed E-state index contributed by atoms with van der Waals surface area (Å²) >= 11 is 0. The fraction of sp³-hybridized carbons (Fsp3) is 0.391. The van der Waals surface area contributed by atoms with Crippen molar-refractivity contribution < 1.29 is 14.3 Å². The van der Waals surface area contributed by atoms with Crippen LogP contribution < -0.4 is 0 Å². The van der Waals surface area contributed by atoms with Gasteiger partial charge in [0.15, 0.2) is 5.60 Å². The van der Waals surface area contributed by atoms with Gasteiger partial charge < -0.3 is 9.53 Å². The van der Waals surface area contributed by atoms with E-state index in [1.807, 2.05) is 55.5 Å². The van der Waals surface area contributed by atoms with Crippen LogP contribution in [-0.2, 0) is 15.1 Å². The van der Waals surface area contributed by atoms with E-state index in [0.29, 0.717) is 12.0 Å². The molecule has 3 nitrogen and oxygen atoms in total. The van der Waals surface area contributed by atoms with Crippen LogP contribution in [0, 0.1) is 12.8 Å². The average molecular weight is 350 g/mol. The molecule has 0 bridgehead atoms. The van der Waals surface area contributed by atoms with Crippen LogP contribution in [0.1, 0.15) is 66.6 Å². The summed E-state index contributed by atoms with van der Waals surface area (Å²) in [6.45, 7) is 5.79. The quantitative estimate of drug-likeness (QED) is 0.645. The molecule has 0 spiro atoms. The molecule has 0 fully saturated rings. The SMILES string of the molecule is CCCC[C@H](CC(C)=O)[C@]1(c2ccc(C)cc2)OC(=O)c2ccccc21. The second-order valence-corrected chi connectivity index (χ2v) is 7.28. The maximum absolute atomic E-state index is 12.7. The summed E-state index contributed by atoms with van der Waals surface area (Å²) in [6, 6.07) is 15.7. The predicted molar refractivity (Wildman–Crippen MR) is 102 cm³/mol. The summed E-state index contributed by atoms with van der Waals surface area (Å²) in [5.41, 5.74) is 2.71. The molecule has 0 amide bonds. The summed E-state index contributed by atoms with van der Waals surface area (Å²) in [5, 5.41) is 0. The molecular weight excluding hydrogens is 324 g/mol. The number of carbonyl (C=O) groups is 2. The Balaban J connectivity index is 2.21. The molecule has 26 heavy (non-hydrogen) atoms. The molecule has 2 atom stereocenters. The molecule has 1 aliphatic rings. The number of carbonyl (C=O) groups excluding carboxylic acids is 2. The zero-order chi connectivity index (χ0) is 18.7. The van der Waals surface area contributed by atoms with Gasteiger partial charge in [0.2, 0.25) is 0 Å². The van der Waals surface area contributed by atoms with E-state index in [0.717, 1.165) is 36.0 Å². The zero-order valence-electron chi connectivity index (χ0n) is 15.7. The standard InChI is InChI=1S/C23H26O3/c1-4-5-8-19(15-17(3)24)23(18-13-11-16(2)12-14-18)21-10-7-6-9-20(21)22(25)26-23/h6-7,9-14,19H,4-5,8,15H2,1-3H3/t19-,23+/m1/s1. The van der Waals surface area contributed by atoms with Crippen molar-refractivity contribution >= 4 is 11.8 Å². The van der Waals surface area contributed by atoms with Gasteiger partial charge in [0, 0.05) is 23.5 Å². The van der Waals surface area contributed by atoms with Crippen LogP contribution in [0.2, 0.25) is 0 Å². The predicted octanol–water partition coefficient (Wildman–Crippen LogP) is 5.19. The van der Waals surface area contributed by atoms with Crippen molar-refractivity contribution in [1.82, 2.24) is 0 Å². The molecule has 0 N–H and O–H groups in total. The highest BCUT2D eigenvalue weighted by Gasteiger charge is 2.52. The summed E-state index contributed by atoms with van der Waals surface area (Å²) in [7, 11) is 0. The van der Waals surface area contributed by atoms with Gasteiger partial charge in [-0.15, -0.1) is 0 Å². The highest BCUT2D eigenvalue weighted by atomic mass is 16.6. The number of unbranched alkanes of at least 4 members (excludes halogenated alkanes) is 1. The first-order valence-electron chi connectivity index (χ1n) is 9.38. The Morgan fingerprint density at radius 1 is 1.12 bits per heavy atom. The third-order valence-electron chi connectivity index (χ3n) is 5.30. The molecule has 2 aromatic rings. The lowest BCUT2D eigenvalue weighted by Gasteiger charge is -2.37. The largest absolute Gasteiger partial charge is 0.445 e. The fourth-order valence-electron chi connectivity index (χ4n) is 4.04. The Kier molecular flexibility index (Phi) is 5.26. The van der Waals surface area contributed by atoms with Crippen molar-refractivity contribution in [2.45, 2.75) is 52.1 Å². The molecule has 0 saturated carbocycles. The lowest BCUT2D eigenvalue weighted by Crippen LogP contribution is -2.38. The summed E-state index contributed by atoms with van der Waals surface area (Å²) < 4.78 is 6.11. The number of Topliss-reactive ketones (excluding diaryl/α,β-unsaturated/α-hetero) is 1. The van der Waals surface area contributed by atoms with E-state index in [2.05, 4.69) is 6.92 Å². The minimum atomic E-state index is -0.887. The fourth-order valence-corrected chi connectivity index (χ4v) is 4.04. The smallest absolute Gasteiger partial charge is 0.339 e. The van der Waals surface area contributed by atoms with Gasteiger partial charge in [-0.05, 0) is 26.3 Å². The Bertz CT molecular complexity index is 806. The highest BCUT2D eigenvalue weighted by molar-refractivity contribution is 5.95. The van der Waals surface area contributed by atoms with Crippen molar-refractivity contribution in [2.24, 2.45) is 5.92 Å². The van der Waals surface area contributed by atoms with Crippen molar-refractivity contribution in [2.75, 3.05) is 0 Å². The van der Waals surface area contributed by atoms with E-state index >= 15 is 0 Å². The normalized spacial score (nSPS) is 19.7. The maximum atomic E-state index is 12.7. The average Bonchev–Trinajstić information content (AvgIpc) is 2.93. The van der Waals surface area contributed by atoms with Crippen molar-refractivity contribution in [3.05, 3.63) is 70.8 Å². The lowest BCUT2D eigenvalue weighted by molar-refractivity contribution is -0.120. The van der Waals surface area contributed by atoms with Crippen LogP contribution in [0.3, 0.4) is 0 Å². The van der Waals surface area contributed by atoms with Crippen LogP contribution in [0.25, 0.3) is 0 Å². The summed E-state index contributed by atoms with van der Waals surface area (Å²) in [6.07, 6.45) is 3.26. The third-order valence-corrected chi connectivity index (χ3v) is 5.30. The topological polar surface area (TPSA) is 43.4 Å². The second-order valence-electron chi connectivity index (χ2n) is 7.28. The van der Waals surface area contributed by atoms with Gasteiger partial charge in [-0.25, -0.2) is 4.79 Å². The van der Waals surface area contributed by atoms with E-state index in [4.69, 9.17) is 4.74 Å². The van der Waals surface area contributed by atoms with Crippen LogP contribution in [0.15, 0.2) is 48.5 Å². The first-order chi connectivity index (χ1) is 12.5. The van der Waals surface area contributed by atoms with Gasteiger partial charge in [-0.3, -0.25) is 0 Å². The lowest BCUT2D eigenvalue weighted by atomic mass is 9.71. The Hall–Kier alpha value is -2.42. The third kappa shape index (κ3) is 3.18. The first kappa shape index (κ1) is 18.4. The van der Waals surface area contributed by atoms with Crippen molar-refractivity contribution in [1.29, 1.82) is 0 Å². The van der Waals surface area contributed by atoms with Crippen LogP contribution >= 0.6 is 0 Å². The zero-order valence-corrected chi connectivity index (χ0v) is 15.7. The monoisotopic (exact) mass is 350 g/mol. The van der Waals surface area contributed by atoms with Gasteiger partial charge in [0.25, 0.3) is 0 Å². The first-order valence-corrected chi connectivity index (χ1v) is 9.38. The van der Waals surface area contributed by atoms with Crippen LogP contribution in [-0.4, -0.2) is 11.8 Å². The van der Waals surface area contributed by atoms with Gasteiger partial charge in [-0.1, -0.05) is 67.8 Å². The molecule has 1 heterocycles. The van der Waals surface area contributed by atoms with E-state index < -0.39 is 5.60 Å². The number of hydrogen-bond donors (Lipinski definition) is 0. The van der Waals surface area contributed by atoms with E-state index in [1.54, 1.807) is 6.92 Å².